The van der Waals surface area contributed by atoms with Crippen LogP contribution in [0, 0.1) is 5.92 Å². The van der Waals surface area contributed by atoms with E-state index in [1.165, 1.54) is 10.4 Å². The number of benzene rings is 1. The third-order valence-electron chi connectivity index (χ3n) is 5.39. The van der Waals surface area contributed by atoms with Gasteiger partial charge < -0.3 is 10.5 Å². The number of ether oxygens (including phenoxy) is 1. The van der Waals surface area contributed by atoms with Gasteiger partial charge in [-0.1, -0.05) is 6.92 Å². The summed E-state index contributed by atoms with van der Waals surface area (Å²) in [5.74, 6) is 1.93. The van der Waals surface area contributed by atoms with Gasteiger partial charge in [-0.05, 0) is 67.1 Å². The van der Waals surface area contributed by atoms with Gasteiger partial charge in [0, 0.05) is 28.4 Å². The number of nitrogens with zero attached hydrogens (tertiary/aromatic N) is 3. The van der Waals surface area contributed by atoms with Gasteiger partial charge in [-0.2, -0.15) is 4.98 Å². The first-order valence-electron chi connectivity index (χ1n) is 9.89. The fourth-order valence-electron chi connectivity index (χ4n) is 3.81. The molecule has 7 heteroatoms. The van der Waals surface area contributed by atoms with Crippen molar-refractivity contribution in [3.8, 4) is 23.0 Å². The number of hydrogen-bond donors (Lipinski definition) is 1. The van der Waals surface area contributed by atoms with Crippen LogP contribution in [-0.2, 0) is 12.8 Å². The zero-order valence-corrected chi connectivity index (χ0v) is 17.3. The number of aryl methyl sites for hydroxylation is 1. The summed E-state index contributed by atoms with van der Waals surface area (Å²) < 4.78 is 6.22. The highest BCUT2D eigenvalue weighted by atomic mass is 32.1. The minimum atomic E-state index is -0.467. The van der Waals surface area contributed by atoms with Gasteiger partial charge >= 0.3 is 0 Å². The van der Waals surface area contributed by atoms with Gasteiger partial charge in [0.1, 0.15) is 10.6 Å². The monoisotopic (exact) mass is 416 g/mol. The van der Waals surface area contributed by atoms with E-state index in [2.05, 4.69) is 11.9 Å². The van der Waals surface area contributed by atoms with Crippen LogP contribution in [0.25, 0.3) is 21.6 Å². The maximum absolute atomic E-state index is 11.4. The van der Waals surface area contributed by atoms with E-state index in [1.54, 1.807) is 48.0 Å². The van der Waals surface area contributed by atoms with Crippen LogP contribution < -0.4 is 10.5 Å². The van der Waals surface area contributed by atoms with E-state index in [0.717, 1.165) is 35.0 Å². The van der Waals surface area contributed by atoms with Crippen molar-refractivity contribution in [3.63, 3.8) is 0 Å². The molecule has 150 valence electrons. The molecule has 0 bridgehead atoms. The summed E-state index contributed by atoms with van der Waals surface area (Å²) >= 11 is 1.73. The molecule has 1 amide bonds. The summed E-state index contributed by atoms with van der Waals surface area (Å²) in [6.07, 6.45) is 6.69. The Kier molecular flexibility index (Phi) is 4.67. The number of nitrogens with two attached hydrogens (primary N) is 1. The minimum Gasteiger partial charge on any atom is -0.438 e. The number of pyridine rings is 1. The summed E-state index contributed by atoms with van der Waals surface area (Å²) in [5.41, 5.74) is 7.92. The molecule has 1 aromatic carbocycles. The van der Waals surface area contributed by atoms with Crippen molar-refractivity contribution < 1.29 is 9.53 Å². The Labute approximate surface area is 177 Å². The smallest absolute Gasteiger partial charge is 0.248 e. The third-order valence-corrected chi connectivity index (χ3v) is 6.54. The fraction of sp³-hybridized carbons (Fsp3) is 0.217. The largest absolute Gasteiger partial charge is 0.438 e. The molecule has 3 heterocycles. The second-order valence-electron chi connectivity index (χ2n) is 7.62. The lowest BCUT2D eigenvalue weighted by atomic mass is 9.89. The van der Waals surface area contributed by atoms with Crippen LogP contribution in [0.4, 0.5) is 0 Å². The third kappa shape index (κ3) is 3.41. The highest BCUT2D eigenvalue weighted by molar-refractivity contribution is 7.18. The molecule has 30 heavy (non-hydrogen) atoms. The molecular weight excluding hydrogens is 396 g/mol. The lowest BCUT2D eigenvalue weighted by molar-refractivity contribution is 0.100. The molecule has 0 saturated carbocycles. The number of thiophene rings is 1. The molecule has 0 radical (unpaired) electrons. The van der Waals surface area contributed by atoms with E-state index in [-0.39, 0.29) is 0 Å². The Hall–Kier alpha value is -3.32. The van der Waals surface area contributed by atoms with Crippen molar-refractivity contribution in [1.29, 1.82) is 0 Å². The van der Waals surface area contributed by atoms with Gasteiger partial charge in [0.15, 0.2) is 5.82 Å². The first kappa shape index (κ1) is 18.7. The maximum atomic E-state index is 11.4. The average Bonchev–Trinajstić information content (AvgIpc) is 3.12. The zero-order valence-electron chi connectivity index (χ0n) is 16.5. The number of fused-ring (bicyclic) bond motifs is 3. The molecule has 1 atom stereocenters. The highest BCUT2D eigenvalue weighted by Crippen LogP contribution is 2.42. The topological polar surface area (TPSA) is 91.0 Å². The van der Waals surface area contributed by atoms with Crippen LogP contribution in [0.15, 0.2) is 48.8 Å². The average molecular weight is 417 g/mol. The molecule has 6 nitrogen and oxygen atoms in total. The molecule has 2 N–H and O–H groups in total. The van der Waals surface area contributed by atoms with Gasteiger partial charge in [0.05, 0.1) is 5.39 Å². The predicted octanol–water partition coefficient (Wildman–Crippen LogP) is 4.77. The molecule has 0 saturated heterocycles. The number of carbonyl (C=O) groups excluding carboxylic acids is 1. The number of aromatic nitrogens is 3. The van der Waals surface area contributed by atoms with Crippen LogP contribution in [0.2, 0.25) is 0 Å². The first-order chi connectivity index (χ1) is 14.6. The van der Waals surface area contributed by atoms with Crippen molar-refractivity contribution in [2.75, 3.05) is 0 Å². The number of primary amides is 1. The Bertz CT molecular complexity index is 1240. The van der Waals surface area contributed by atoms with Gasteiger partial charge in [-0.15, -0.1) is 11.3 Å². The van der Waals surface area contributed by atoms with Crippen LogP contribution in [0.3, 0.4) is 0 Å². The molecule has 0 spiro atoms. The molecule has 1 aliphatic rings. The predicted molar refractivity (Wildman–Crippen MR) is 117 cm³/mol. The summed E-state index contributed by atoms with van der Waals surface area (Å²) in [7, 11) is 0. The standard InChI is InChI=1S/C23H20N4O2S/c1-13-4-9-17-18(11-13)30-23-19(17)22(26-21(27-23)15-3-2-10-25-12-15)29-16-7-5-14(6-8-16)20(24)28/h2-3,5-8,10,12-13H,4,9,11H2,1H3,(H2,24,28)/t13-/m0/s1. The van der Waals surface area contributed by atoms with Crippen molar-refractivity contribution in [3.05, 3.63) is 64.8 Å². The Morgan fingerprint density at radius 1 is 1.20 bits per heavy atom. The normalized spacial score (nSPS) is 15.7. The van der Waals surface area contributed by atoms with E-state index < -0.39 is 5.91 Å². The van der Waals surface area contributed by atoms with E-state index in [1.807, 2.05) is 12.1 Å². The summed E-state index contributed by atoms with van der Waals surface area (Å²) in [6, 6.07) is 10.6. The summed E-state index contributed by atoms with van der Waals surface area (Å²) in [4.78, 5) is 27.5. The van der Waals surface area contributed by atoms with Crippen molar-refractivity contribution in [2.24, 2.45) is 11.7 Å². The molecule has 4 aromatic rings. The lowest BCUT2D eigenvalue weighted by Gasteiger charge is -2.18. The number of amides is 1. The Balaban J connectivity index is 1.64. The van der Waals surface area contributed by atoms with Crippen molar-refractivity contribution in [2.45, 2.75) is 26.2 Å². The SMILES string of the molecule is C[C@H]1CCc2c(sc3nc(-c4cccnc4)nc(Oc4ccc(C(N)=O)cc4)c23)C1. The second kappa shape index (κ2) is 7.50. The summed E-state index contributed by atoms with van der Waals surface area (Å²) in [6.45, 7) is 2.29. The molecule has 0 aliphatic heterocycles. The van der Waals surface area contributed by atoms with Gasteiger partial charge in [0.25, 0.3) is 0 Å². The Morgan fingerprint density at radius 2 is 2.03 bits per heavy atom. The molecular formula is C23H20N4O2S. The second-order valence-corrected chi connectivity index (χ2v) is 8.70. The van der Waals surface area contributed by atoms with E-state index in [0.29, 0.717) is 28.9 Å². The molecule has 0 fully saturated rings. The van der Waals surface area contributed by atoms with E-state index in [9.17, 15) is 4.79 Å². The number of rotatable bonds is 4. The van der Waals surface area contributed by atoms with Gasteiger partial charge in [-0.25, -0.2) is 4.98 Å². The molecule has 5 rings (SSSR count). The van der Waals surface area contributed by atoms with Gasteiger partial charge in [-0.3, -0.25) is 9.78 Å². The fourth-order valence-corrected chi connectivity index (χ4v) is 5.18. The van der Waals surface area contributed by atoms with Crippen LogP contribution >= 0.6 is 11.3 Å². The molecule has 0 unspecified atom stereocenters. The Morgan fingerprint density at radius 3 is 2.77 bits per heavy atom. The van der Waals surface area contributed by atoms with E-state index in [4.69, 9.17) is 20.4 Å². The van der Waals surface area contributed by atoms with Crippen LogP contribution in [-0.4, -0.2) is 20.9 Å². The number of hydrogen-bond acceptors (Lipinski definition) is 6. The van der Waals surface area contributed by atoms with Gasteiger partial charge in [0.2, 0.25) is 11.8 Å². The molecule has 1 aliphatic carbocycles. The molecule has 3 aromatic heterocycles. The lowest BCUT2D eigenvalue weighted by Crippen LogP contribution is -2.10. The van der Waals surface area contributed by atoms with E-state index >= 15 is 0 Å². The maximum Gasteiger partial charge on any atom is 0.248 e. The van der Waals surface area contributed by atoms with Crippen LogP contribution in [0.5, 0.6) is 11.6 Å². The summed E-state index contributed by atoms with van der Waals surface area (Å²) in [5, 5.41) is 0.994. The zero-order chi connectivity index (χ0) is 20.7. The van der Waals surface area contributed by atoms with Crippen LogP contribution in [0.1, 0.15) is 34.1 Å². The first-order valence-corrected chi connectivity index (χ1v) is 10.7. The highest BCUT2D eigenvalue weighted by Gasteiger charge is 2.25. The van der Waals surface area contributed by atoms with Crippen molar-refractivity contribution in [1.82, 2.24) is 15.0 Å². The minimum absolute atomic E-state index is 0.438. The van der Waals surface area contributed by atoms with Crippen molar-refractivity contribution >= 4 is 27.5 Å². The number of carbonyl (C=O) groups is 1. The quantitative estimate of drug-likeness (QED) is 0.517.